The van der Waals surface area contributed by atoms with Gasteiger partial charge in [-0.1, -0.05) is 13.3 Å². The van der Waals surface area contributed by atoms with E-state index < -0.39 is 5.60 Å². The molecule has 1 aliphatic rings. The van der Waals surface area contributed by atoms with E-state index in [4.69, 9.17) is 9.15 Å². The number of ether oxygens (including phenoxy) is 1. The molecule has 1 N–H and O–H groups in total. The minimum atomic E-state index is -0.462. The molecule has 0 spiro atoms. The van der Waals surface area contributed by atoms with Crippen LogP contribution in [0.4, 0.5) is 4.79 Å². The first-order valence-electron chi connectivity index (χ1n) is 9.38. The predicted octanol–water partition coefficient (Wildman–Crippen LogP) is 4.06. The van der Waals surface area contributed by atoms with Gasteiger partial charge in [0.1, 0.15) is 11.9 Å². The Balaban J connectivity index is 1.91. The van der Waals surface area contributed by atoms with Crippen LogP contribution in [0.2, 0.25) is 0 Å². The zero-order chi connectivity index (χ0) is 18.4. The molecule has 0 radical (unpaired) electrons. The number of amides is 1. The first kappa shape index (κ1) is 19.8. The van der Waals surface area contributed by atoms with Crippen LogP contribution in [0.1, 0.15) is 83.2 Å². The zero-order valence-electron chi connectivity index (χ0n) is 16.0. The molecule has 142 valence electrons. The monoisotopic (exact) mass is 352 g/mol. The van der Waals surface area contributed by atoms with Crippen LogP contribution in [0, 0.1) is 0 Å². The summed E-state index contributed by atoms with van der Waals surface area (Å²) in [5.74, 6) is 1.23. The van der Waals surface area contributed by atoms with Crippen LogP contribution < -0.4 is 0 Å². The van der Waals surface area contributed by atoms with Crippen molar-refractivity contribution in [2.24, 2.45) is 0 Å². The summed E-state index contributed by atoms with van der Waals surface area (Å²) in [5, 5.41) is 9.22. The summed E-state index contributed by atoms with van der Waals surface area (Å²) in [7, 11) is 0. The number of carbonyl (C=O) groups excluding carboxylic acids is 1. The fourth-order valence-corrected chi connectivity index (χ4v) is 3.26. The summed E-state index contributed by atoms with van der Waals surface area (Å²) >= 11 is 0. The molecule has 6 heteroatoms. The third-order valence-electron chi connectivity index (χ3n) is 4.57. The SMILES string of the molecule is CCCC(CCO)c1nc(C2CCN(C(=O)OC(C)(C)C)CC2)co1. The van der Waals surface area contributed by atoms with Gasteiger partial charge in [-0.25, -0.2) is 9.78 Å². The third kappa shape index (κ3) is 5.73. The van der Waals surface area contributed by atoms with E-state index in [0.29, 0.717) is 25.4 Å². The lowest BCUT2D eigenvalue weighted by Crippen LogP contribution is -2.41. The number of rotatable bonds is 6. The lowest BCUT2D eigenvalue weighted by Gasteiger charge is -2.32. The van der Waals surface area contributed by atoms with Gasteiger partial charge in [-0.2, -0.15) is 0 Å². The summed E-state index contributed by atoms with van der Waals surface area (Å²) in [6, 6.07) is 0. The van der Waals surface area contributed by atoms with Crippen LogP contribution in [0.5, 0.6) is 0 Å². The Hall–Kier alpha value is -1.56. The molecule has 1 unspecified atom stereocenters. The second kappa shape index (κ2) is 8.70. The Morgan fingerprint density at radius 3 is 2.64 bits per heavy atom. The zero-order valence-corrected chi connectivity index (χ0v) is 16.0. The summed E-state index contributed by atoms with van der Waals surface area (Å²) in [6.45, 7) is 9.28. The van der Waals surface area contributed by atoms with Crippen molar-refractivity contribution in [2.75, 3.05) is 19.7 Å². The topological polar surface area (TPSA) is 75.8 Å². The van der Waals surface area contributed by atoms with Gasteiger partial charge in [-0.05, 0) is 46.5 Å². The minimum absolute atomic E-state index is 0.149. The molecule has 0 saturated carbocycles. The van der Waals surface area contributed by atoms with Crippen LogP contribution in [0.15, 0.2) is 10.7 Å². The average Bonchev–Trinajstić information content (AvgIpc) is 3.03. The van der Waals surface area contributed by atoms with Crippen molar-refractivity contribution >= 4 is 6.09 Å². The van der Waals surface area contributed by atoms with E-state index in [1.54, 1.807) is 11.2 Å². The molecule has 1 saturated heterocycles. The standard InChI is InChI=1S/C19H32N2O4/c1-5-6-15(9-12-22)17-20-16(13-24-17)14-7-10-21(11-8-14)18(23)25-19(2,3)4/h13-15,22H,5-12H2,1-4H3. The normalized spacial score (nSPS) is 17.6. The second-order valence-electron chi connectivity index (χ2n) is 7.85. The number of aromatic nitrogens is 1. The van der Waals surface area contributed by atoms with Gasteiger partial charge < -0.3 is 19.2 Å². The molecule has 25 heavy (non-hydrogen) atoms. The van der Waals surface area contributed by atoms with Gasteiger partial charge in [0, 0.05) is 31.5 Å². The number of carbonyl (C=O) groups is 1. The number of hydrogen-bond acceptors (Lipinski definition) is 5. The van der Waals surface area contributed by atoms with E-state index >= 15 is 0 Å². The molecule has 1 aliphatic heterocycles. The number of piperidine rings is 1. The minimum Gasteiger partial charge on any atom is -0.448 e. The highest BCUT2D eigenvalue weighted by molar-refractivity contribution is 5.68. The van der Waals surface area contributed by atoms with Gasteiger partial charge in [0.25, 0.3) is 0 Å². The number of hydrogen-bond donors (Lipinski definition) is 1. The largest absolute Gasteiger partial charge is 0.448 e. The first-order chi connectivity index (χ1) is 11.8. The average molecular weight is 352 g/mol. The molecular weight excluding hydrogens is 320 g/mol. The van der Waals surface area contributed by atoms with Crippen molar-refractivity contribution in [2.45, 2.75) is 77.2 Å². The fourth-order valence-electron chi connectivity index (χ4n) is 3.26. The highest BCUT2D eigenvalue weighted by atomic mass is 16.6. The molecule has 0 aliphatic carbocycles. The van der Waals surface area contributed by atoms with Crippen molar-refractivity contribution in [3.63, 3.8) is 0 Å². The smallest absolute Gasteiger partial charge is 0.410 e. The second-order valence-corrected chi connectivity index (χ2v) is 7.85. The molecule has 0 aromatic carbocycles. The van der Waals surface area contributed by atoms with Crippen molar-refractivity contribution in [3.8, 4) is 0 Å². The number of aliphatic hydroxyl groups is 1. The predicted molar refractivity (Wildman–Crippen MR) is 95.6 cm³/mol. The lowest BCUT2D eigenvalue weighted by atomic mass is 9.94. The Labute approximate surface area is 150 Å². The van der Waals surface area contributed by atoms with Gasteiger partial charge in [0.2, 0.25) is 0 Å². The maximum absolute atomic E-state index is 12.1. The van der Waals surface area contributed by atoms with Gasteiger partial charge in [-0.15, -0.1) is 0 Å². The number of nitrogens with zero attached hydrogens (tertiary/aromatic N) is 2. The number of aliphatic hydroxyl groups excluding tert-OH is 1. The Kier molecular flexibility index (Phi) is 6.87. The third-order valence-corrected chi connectivity index (χ3v) is 4.57. The van der Waals surface area contributed by atoms with E-state index in [0.717, 1.165) is 37.3 Å². The van der Waals surface area contributed by atoms with Crippen LogP contribution >= 0.6 is 0 Å². The quantitative estimate of drug-likeness (QED) is 0.835. The van der Waals surface area contributed by atoms with Gasteiger partial charge >= 0.3 is 6.09 Å². The van der Waals surface area contributed by atoms with E-state index in [9.17, 15) is 9.90 Å². The van der Waals surface area contributed by atoms with Crippen molar-refractivity contribution in [1.82, 2.24) is 9.88 Å². The van der Waals surface area contributed by atoms with Gasteiger partial charge in [-0.3, -0.25) is 0 Å². The molecule has 2 rings (SSSR count). The molecule has 1 fully saturated rings. The van der Waals surface area contributed by atoms with Crippen molar-refractivity contribution < 1.29 is 19.1 Å². The van der Waals surface area contributed by atoms with Crippen LogP contribution in [-0.2, 0) is 4.74 Å². The van der Waals surface area contributed by atoms with Crippen LogP contribution in [-0.4, -0.2) is 46.4 Å². The summed E-state index contributed by atoms with van der Waals surface area (Å²) in [6.07, 6.45) is 5.94. The van der Waals surface area contributed by atoms with Crippen LogP contribution in [0.25, 0.3) is 0 Å². The highest BCUT2D eigenvalue weighted by Crippen LogP contribution is 2.31. The van der Waals surface area contributed by atoms with E-state index in [1.165, 1.54) is 0 Å². The summed E-state index contributed by atoms with van der Waals surface area (Å²) in [5.41, 5.74) is 0.508. The summed E-state index contributed by atoms with van der Waals surface area (Å²) < 4.78 is 11.1. The van der Waals surface area contributed by atoms with Gasteiger partial charge in [0.15, 0.2) is 5.89 Å². The van der Waals surface area contributed by atoms with E-state index in [1.807, 2.05) is 20.8 Å². The lowest BCUT2D eigenvalue weighted by molar-refractivity contribution is 0.0204. The van der Waals surface area contributed by atoms with Crippen molar-refractivity contribution in [1.29, 1.82) is 0 Å². The van der Waals surface area contributed by atoms with Crippen LogP contribution in [0.3, 0.4) is 0 Å². The highest BCUT2D eigenvalue weighted by Gasteiger charge is 2.29. The molecule has 1 amide bonds. The van der Waals surface area contributed by atoms with E-state index in [2.05, 4.69) is 11.9 Å². The molecule has 2 heterocycles. The Morgan fingerprint density at radius 1 is 1.40 bits per heavy atom. The first-order valence-corrected chi connectivity index (χ1v) is 9.38. The molecule has 1 atom stereocenters. The van der Waals surface area contributed by atoms with Crippen molar-refractivity contribution in [3.05, 3.63) is 17.8 Å². The Bertz CT molecular complexity index is 536. The maximum atomic E-state index is 12.1. The number of oxazole rings is 1. The maximum Gasteiger partial charge on any atom is 0.410 e. The van der Waals surface area contributed by atoms with E-state index in [-0.39, 0.29) is 18.6 Å². The van der Waals surface area contributed by atoms with Gasteiger partial charge in [0.05, 0.1) is 5.69 Å². The fraction of sp³-hybridized carbons (Fsp3) is 0.789. The molecule has 1 aromatic heterocycles. The molecule has 6 nitrogen and oxygen atoms in total. The molecular formula is C19H32N2O4. The molecule has 0 bridgehead atoms. The Morgan fingerprint density at radius 2 is 2.08 bits per heavy atom. The molecule has 1 aromatic rings. The summed E-state index contributed by atoms with van der Waals surface area (Å²) in [4.78, 5) is 18.6. The number of likely N-dealkylation sites (tertiary alicyclic amines) is 1.